The maximum atomic E-state index is 12.2. The third kappa shape index (κ3) is 4.41. The van der Waals surface area contributed by atoms with Crippen LogP contribution in [0.15, 0.2) is 0 Å². The summed E-state index contributed by atoms with van der Waals surface area (Å²) in [5.41, 5.74) is -1.03. The molecule has 0 amide bonds. The summed E-state index contributed by atoms with van der Waals surface area (Å²) in [5.74, 6) is -0.00525. The van der Waals surface area contributed by atoms with Gasteiger partial charge < -0.3 is 5.32 Å². The lowest BCUT2D eigenvalue weighted by Crippen LogP contribution is -2.16. The van der Waals surface area contributed by atoms with Crippen molar-refractivity contribution in [3.63, 3.8) is 0 Å². The highest BCUT2D eigenvalue weighted by molar-refractivity contribution is 8.00. The predicted molar refractivity (Wildman–Crippen MR) is 77.0 cm³/mol. The predicted octanol–water partition coefficient (Wildman–Crippen LogP) is 3.54. The number of halogens is 3. The van der Waals surface area contributed by atoms with Crippen molar-refractivity contribution in [3.8, 4) is 0 Å². The van der Waals surface area contributed by atoms with Crippen LogP contribution in [0.25, 0.3) is 0 Å². The van der Waals surface area contributed by atoms with E-state index in [0.717, 1.165) is 29.8 Å². The van der Waals surface area contributed by atoms with Crippen LogP contribution in [0.1, 0.15) is 43.8 Å². The second kappa shape index (κ2) is 7.36. The van der Waals surface area contributed by atoms with Gasteiger partial charge in [-0.05, 0) is 38.6 Å². The fourth-order valence-corrected chi connectivity index (χ4v) is 2.77. The molecule has 0 aliphatic rings. The maximum Gasteiger partial charge on any atom is 0.441 e. The van der Waals surface area contributed by atoms with Crippen LogP contribution in [0.5, 0.6) is 0 Å². The van der Waals surface area contributed by atoms with E-state index >= 15 is 0 Å². The van der Waals surface area contributed by atoms with E-state index in [1.165, 1.54) is 0 Å². The highest BCUT2D eigenvalue weighted by Gasteiger charge is 2.28. The number of aromatic nitrogens is 2. The minimum absolute atomic E-state index is 0.00525. The number of rotatable bonds is 7. The molecule has 0 aliphatic heterocycles. The molecule has 0 fully saturated rings. The van der Waals surface area contributed by atoms with Gasteiger partial charge in [0.25, 0.3) is 0 Å². The fraction of sp³-hybridized carbons (Fsp3) is 0.769. The summed E-state index contributed by atoms with van der Waals surface area (Å²) >= 11 is 0.00801. The zero-order valence-corrected chi connectivity index (χ0v) is 13.2. The largest absolute Gasteiger partial charge is 0.441 e. The smallest absolute Gasteiger partial charge is 0.313 e. The van der Waals surface area contributed by atoms with Crippen molar-refractivity contribution in [2.75, 3.05) is 12.8 Å². The zero-order chi connectivity index (χ0) is 15.3. The van der Waals surface area contributed by atoms with E-state index in [9.17, 15) is 13.2 Å². The Morgan fingerprint density at radius 3 is 2.40 bits per heavy atom. The van der Waals surface area contributed by atoms with Crippen molar-refractivity contribution in [3.05, 3.63) is 17.0 Å². The molecule has 0 bridgehead atoms. The standard InChI is InChI=1S/C13H22F3N3S/c1-5-10-12(9(3)17-4)11(6-2)19(18-10)7-8-20-13(14,15)16/h9,17H,5-8H2,1-4H3. The molecule has 1 rings (SSSR count). The Balaban J connectivity index is 2.93. The van der Waals surface area contributed by atoms with E-state index in [-0.39, 0.29) is 30.1 Å². The average Bonchev–Trinajstić information content (AvgIpc) is 2.74. The van der Waals surface area contributed by atoms with Crippen LogP contribution in [0, 0.1) is 0 Å². The molecule has 1 atom stereocenters. The molecular weight excluding hydrogens is 287 g/mol. The quantitative estimate of drug-likeness (QED) is 0.835. The monoisotopic (exact) mass is 309 g/mol. The normalized spacial score (nSPS) is 13.8. The van der Waals surface area contributed by atoms with Gasteiger partial charge in [-0.15, -0.1) is 0 Å². The summed E-state index contributed by atoms with van der Waals surface area (Å²) in [6.07, 6.45) is 1.55. The van der Waals surface area contributed by atoms with Crippen LogP contribution in [0.2, 0.25) is 0 Å². The van der Waals surface area contributed by atoms with E-state index in [0.29, 0.717) is 0 Å². The highest BCUT2D eigenvalue weighted by atomic mass is 32.2. The molecule has 20 heavy (non-hydrogen) atoms. The molecule has 0 spiro atoms. The molecule has 0 aliphatic carbocycles. The Bertz CT molecular complexity index is 429. The Hall–Kier alpha value is -0.690. The van der Waals surface area contributed by atoms with Gasteiger partial charge in [-0.2, -0.15) is 18.3 Å². The molecule has 116 valence electrons. The van der Waals surface area contributed by atoms with E-state index in [1.54, 1.807) is 4.68 Å². The van der Waals surface area contributed by atoms with Gasteiger partial charge in [0, 0.05) is 23.1 Å². The Morgan fingerprint density at radius 1 is 1.30 bits per heavy atom. The van der Waals surface area contributed by atoms with Crippen LogP contribution in [-0.2, 0) is 19.4 Å². The molecule has 1 aromatic rings. The van der Waals surface area contributed by atoms with E-state index in [1.807, 2.05) is 27.8 Å². The van der Waals surface area contributed by atoms with Gasteiger partial charge in [0.15, 0.2) is 0 Å². The Labute approximate surface area is 122 Å². The van der Waals surface area contributed by atoms with Crippen LogP contribution in [-0.4, -0.2) is 28.1 Å². The Kier molecular flexibility index (Phi) is 6.39. The molecular formula is C13H22F3N3S. The third-order valence-corrected chi connectivity index (χ3v) is 3.99. The molecule has 7 heteroatoms. The van der Waals surface area contributed by atoms with Gasteiger partial charge in [0.1, 0.15) is 0 Å². The summed E-state index contributed by atoms with van der Waals surface area (Å²) in [6.45, 7) is 6.36. The number of hydrogen-bond donors (Lipinski definition) is 1. The van der Waals surface area contributed by atoms with Crippen LogP contribution in [0.4, 0.5) is 13.2 Å². The molecule has 1 heterocycles. The van der Waals surface area contributed by atoms with E-state index in [2.05, 4.69) is 10.4 Å². The molecule has 0 aromatic carbocycles. The molecule has 3 nitrogen and oxygen atoms in total. The summed E-state index contributed by atoms with van der Waals surface area (Å²) in [5, 5.41) is 7.67. The highest BCUT2D eigenvalue weighted by Crippen LogP contribution is 2.30. The lowest BCUT2D eigenvalue weighted by Gasteiger charge is -2.13. The van der Waals surface area contributed by atoms with Crippen LogP contribution >= 0.6 is 11.8 Å². The summed E-state index contributed by atoms with van der Waals surface area (Å²) in [7, 11) is 1.88. The first-order valence-corrected chi connectivity index (χ1v) is 7.78. The first-order chi connectivity index (χ1) is 9.34. The van der Waals surface area contributed by atoms with Gasteiger partial charge in [-0.1, -0.05) is 13.8 Å². The van der Waals surface area contributed by atoms with Crippen LogP contribution in [0.3, 0.4) is 0 Å². The van der Waals surface area contributed by atoms with Gasteiger partial charge >= 0.3 is 5.51 Å². The maximum absolute atomic E-state index is 12.2. The number of aryl methyl sites for hydroxylation is 2. The first kappa shape index (κ1) is 17.4. The molecule has 1 N–H and O–H groups in total. The lowest BCUT2D eigenvalue weighted by atomic mass is 10.0. The minimum Gasteiger partial charge on any atom is -0.313 e. The minimum atomic E-state index is -4.17. The van der Waals surface area contributed by atoms with Crippen molar-refractivity contribution in [2.24, 2.45) is 0 Å². The van der Waals surface area contributed by atoms with Gasteiger partial charge in [-0.3, -0.25) is 4.68 Å². The van der Waals surface area contributed by atoms with Crippen LogP contribution < -0.4 is 5.32 Å². The summed E-state index contributed by atoms with van der Waals surface area (Å²) < 4.78 is 38.3. The summed E-state index contributed by atoms with van der Waals surface area (Å²) in [4.78, 5) is 0. The van der Waals surface area contributed by atoms with Crippen molar-refractivity contribution < 1.29 is 13.2 Å². The molecule has 1 unspecified atom stereocenters. The number of nitrogens with zero attached hydrogens (tertiary/aromatic N) is 2. The second-order valence-electron chi connectivity index (χ2n) is 4.54. The topological polar surface area (TPSA) is 29.9 Å². The van der Waals surface area contributed by atoms with E-state index in [4.69, 9.17) is 0 Å². The molecule has 0 saturated carbocycles. The van der Waals surface area contributed by atoms with Crippen molar-refractivity contribution >= 4 is 11.8 Å². The average molecular weight is 309 g/mol. The molecule has 1 aromatic heterocycles. The lowest BCUT2D eigenvalue weighted by molar-refractivity contribution is -0.0328. The third-order valence-electron chi connectivity index (χ3n) is 3.28. The van der Waals surface area contributed by atoms with Crippen molar-refractivity contribution in [1.29, 1.82) is 0 Å². The van der Waals surface area contributed by atoms with Gasteiger partial charge in [0.05, 0.1) is 12.2 Å². The fourth-order valence-electron chi connectivity index (χ4n) is 2.28. The second-order valence-corrected chi connectivity index (χ2v) is 5.70. The zero-order valence-electron chi connectivity index (χ0n) is 12.3. The number of nitrogens with one attached hydrogen (secondary N) is 1. The molecule has 0 radical (unpaired) electrons. The van der Waals surface area contributed by atoms with Gasteiger partial charge in [0.2, 0.25) is 0 Å². The molecule has 0 saturated heterocycles. The number of alkyl halides is 3. The SMILES string of the molecule is CCc1nn(CCSC(F)(F)F)c(CC)c1C(C)NC. The number of thioether (sulfide) groups is 1. The Morgan fingerprint density at radius 2 is 1.95 bits per heavy atom. The summed E-state index contributed by atoms with van der Waals surface area (Å²) in [6, 6.07) is 0.156. The van der Waals surface area contributed by atoms with E-state index < -0.39 is 5.51 Å². The van der Waals surface area contributed by atoms with Gasteiger partial charge in [-0.25, -0.2) is 0 Å². The van der Waals surface area contributed by atoms with Crippen molar-refractivity contribution in [1.82, 2.24) is 15.1 Å². The number of hydrogen-bond acceptors (Lipinski definition) is 3. The first-order valence-electron chi connectivity index (χ1n) is 6.80. The van der Waals surface area contributed by atoms with Crippen molar-refractivity contribution in [2.45, 2.75) is 51.7 Å².